The van der Waals surface area contributed by atoms with Crippen LogP contribution >= 0.6 is 19.7 Å². The van der Waals surface area contributed by atoms with Gasteiger partial charge in [-0.1, -0.05) is 186 Å². The van der Waals surface area contributed by atoms with Gasteiger partial charge >= 0.3 is 0 Å². The van der Waals surface area contributed by atoms with Crippen LogP contribution in [0.4, 0.5) is 0 Å². The SMILES string of the molecule is CC(C)(C)c1cc(P(c2cc(C(C)(C)C)cc(C(C)(C)C)c2)C2(NCCSc3ccc4ccccc4c3)CC=CC3=C2[C@@]2(CC3)CCc3ccccc32)cc(C(C)(C)C)c1. The van der Waals surface area contributed by atoms with Crippen molar-refractivity contribution < 1.29 is 0 Å². The molecule has 3 aliphatic carbocycles. The summed E-state index contributed by atoms with van der Waals surface area (Å²) in [6.07, 6.45) is 10.8. The average Bonchev–Trinajstić information content (AvgIpc) is 3.76. The van der Waals surface area contributed by atoms with Crippen LogP contribution < -0.4 is 15.9 Å². The van der Waals surface area contributed by atoms with Crippen LogP contribution in [0.2, 0.25) is 0 Å². The smallest absolute Gasteiger partial charge is 0.0726 e. The molecule has 0 aliphatic heterocycles. The largest absolute Gasteiger partial charge is 0.302 e. The maximum absolute atomic E-state index is 4.62. The van der Waals surface area contributed by atoms with E-state index in [1.54, 1.807) is 22.3 Å². The molecule has 5 aromatic carbocycles. The van der Waals surface area contributed by atoms with Crippen molar-refractivity contribution in [3.63, 3.8) is 0 Å². The van der Waals surface area contributed by atoms with Crippen molar-refractivity contribution in [2.75, 3.05) is 12.3 Å². The van der Waals surface area contributed by atoms with Crippen LogP contribution in [0.15, 0.2) is 131 Å². The zero-order chi connectivity index (χ0) is 42.9. The summed E-state index contributed by atoms with van der Waals surface area (Å²) in [5.41, 5.74) is 12.3. The predicted molar refractivity (Wildman–Crippen MR) is 266 cm³/mol. The van der Waals surface area contributed by atoms with Gasteiger partial charge in [0.1, 0.15) is 0 Å². The molecule has 1 spiro atoms. The summed E-state index contributed by atoms with van der Waals surface area (Å²) < 4.78 is 0. The predicted octanol–water partition coefficient (Wildman–Crippen LogP) is 14.5. The Kier molecular flexibility index (Phi) is 11.3. The summed E-state index contributed by atoms with van der Waals surface area (Å²) in [5.74, 6) is 1.00. The molecule has 3 heteroatoms. The van der Waals surface area contributed by atoms with E-state index in [1.165, 1.54) is 61.4 Å². The second-order valence-electron chi connectivity index (χ2n) is 22.3. The molecule has 0 saturated carbocycles. The van der Waals surface area contributed by atoms with Gasteiger partial charge in [-0.05, 0) is 140 Å². The molecule has 8 rings (SSSR count). The van der Waals surface area contributed by atoms with Gasteiger partial charge < -0.3 is 5.32 Å². The third-order valence-electron chi connectivity index (χ3n) is 13.8. The van der Waals surface area contributed by atoms with Crippen molar-refractivity contribution >= 4 is 41.1 Å². The first-order valence-corrected chi connectivity index (χ1v) is 25.0. The second-order valence-corrected chi connectivity index (χ2v) is 25.9. The Morgan fingerprint density at radius 1 is 0.583 bits per heavy atom. The first kappa shape index (κ1) is 43.2. The summed E-state index contributed by atoms with van der Waals surface area (Å²) in [6, 6.07) is 40.9. The molecular weight excluding hydrogens is 762 g/mol. The van der Waals surface area contributed by atoms with E-state index in [9.17, 15) is 0 Å². The molecule has 1 unspecified atom stereocenters. The Labute approximate surface area is 369 Å². The molecule has 60 heavy (non-hydrogen) atoms. The molecule has 0 bridgehead atoms. The highest BCUT2D eigenvalue weighted by Crippen LogP contribution is 2.66. The van der Waals surface area contributed by atoms with Crippen molar-refractivity contribution in [1.29, 1.82) is 0 Å². The van der Waals surface area contributed by atoms with Crippen LogP contribution in [0.3, 0.4) is 0 Å². The van der Waals surface area contributed by atoms with E-state index in [-0.39, 0.29) is 32.4 Å². The Hall–Kier alpha value is -3.42. The molecule has 1 N–H and O–H groups in total. The lowest BCUT2D eigenvalue weighted by atomic mass is 9.71. The third kappa shape index (κ3) is 8.16. The second kappa shape index (κ2) is 15.7. The van der Waals surface area contributed by atoms with Gasteiger partial charge in [0.15, 0.2) is 0 Å². The summed E-state index contributed by atoms with van der Waals surface area (Å²) >= 11 is 2.00. The normalized spacial score (nSPS) is 20.8. The van der Waals surface area contributed by atoms with Gasteiger partial charge in [0.25, 0.3) is 0 Å². The van der Waals surface area contributed by atoms with Gasteiger partial charge in [0.2, 0.25) is 0 Å². The van der Waals surface area contributed by atoms with Crippen LogP contribution in [0, 0.1) is 0 Å². The van der Waals surface area contributed by atoms with Crippen LogP contribution in [0.1, 0.15) is 142 Å². The van der Waals surface area contributed by atoms with Crippen LogP contribution in [-0.4, -0.2) is 17.6 Å². The first-order chi connectivity index (χ1) is 28.2. The van der Waals surface area contributed by atoms with E-state index >= 15 is 0 Å². The van der Waals surface area contributed by atoms with E-state index in [0.29, 0.717) is 0 Å². The molecule has 2 atom stereocenters. The molecule has 0 aromatic heterocycles. The molecule has 0 radical (unpaired) electrons. The van der Waals surface area contributed by atoms with Crippen LogP contribution in [0.25, 0.3) is 10.8 Å². The van der Waals surface area contributed by atoms with Gasteiger partial charge in [-0.3, -0.25) is 0 Å². The summed E-state index contributed by atoms with van der Waals surface area (Å²) in [4.78, 5) is 1.35. The number of thioether (sulfide) groups is 1. The highest BCUT2D eigenvalue weighted by Gasteiger charge is 2.57. The minimum atomic E-state index is -0.994. The lowest BCUT2D eigenvalue weighted by Gasteiger charge is -2.51. The third-order valence-corrected chi connectivity index (χ3v) is 17.7. The highest BCUT2D eigenvalue weighted by atomic mass is 32.2. The fourth-order valence-electron chi connectivity index (χ4n) is 10.3. The standard InChI is InChI=1S/C57H70NPS/c1-52(2,3)43-33-44(53(4,5)6)36-47(35-43)59(48-37-45(54(7,8)9)34-46(38-48)55(10,11)12)57(58-30-31-60-49-24-23-39-18-13-14-20-42(39)32-49)27-17-21-41-26-29-56(51(41)57)28-25-40-19-15-16-22-50(40)56/h13-24,32-38,58H,25-31H2,1-12H3/t56-,57?/m1/s1. The monoisotopic (exact) mass is 831 g/mol. The molecule has 3 aliphatic rings. The molecule has 5 aromatic rings. The quantitative estimate of drug-likeness (QED) is 0.0950. The molecule has 314 valence electrons. The van der Waals surface area contributed by atoms with Gasteiger partial charge in [-0.2, -0.15) is 0 Å². The number of benzene rings is 5. The lowest BCUT2D eigenvalue weighted by molar-refractivity contribution is 0.415. The van der Waals surface area contributed by atoms with Crippen molar-refractivity contribution in [2.24, 2.45) is 0 Å². The maximum atomic E-state index is 4.62. The van der Waals surface area contributed by atoms with Crippen LogP contribution in [0.5, 0.6) is 0 Å². The molecular formula is C57H70NPS. The average molecular weight is 832 g/mol. The van der Waals surface area contributed by atoms with E-state index < -0.39 is 7.92 Å². The van der Waals surface area contributed by atoms with Gasteiger partial charge in [-0.25, -0.2) is 0 Å². The zero-order valence-corrected chi connectivity index (χ0v) is 40.5. The van der Waals surface area contributed by atoms with Crippen molar-refractivity contribution in [3.05, 3.63) is 160 Å². The molecule has 0 heterocycles. The first-order valence-electron chi connectivity index (χ1n) is 22.7. The van der Waals surface area contributed by atoms with Crippen molar-refractivity contribution in [1.82, 2.24) is 5.32 Å². The van der Waals surface area contributed by atoms with Crippen LogP contribution in [-0.2, 0) is 33.5 Å². The van der Waals surface area contributed by atoms with Crippen molar-refractivity contribution in [2.45, 2.75) is 152 Å². The Morgan fingerprint density at radius 2 is 1.12 bits per heavy atom. The summed E-state index contributed by atoms with van der Waals surface area (Å²) in [7, 11) is -0.994. The number of nitrogens with one attached hydrogen (secondary N) is 1. The Bertz CT molecular complexity index is 2340. The lowest BCUT2D eigenvalue weighted by Crippen LogP contribution is -2.54. The van der Waals surface area contributed by atoms with Crippen molar-refractivity contribution in [3.8, 4) is 0 Å². The number of fused-ring (bicyclic) bond motifs is 4. The topological polar surface area (TPSA) is 12.0 Å². The number of rotatable bonds is 8. The van der Waals surface area contributed by atoms with E-state index in [4.69, 9.17) is 0 Å². The minimum Gasteiger partial charge on any atom is -0.302 e. The maximum Gasteiger partial charge on any atom is 0.0726 e. The number of hydrogen-bond donors (Lipinski definition) is 1. The van der Waals surface area contributed by atoms with Gasteiger partial charge in [0, 0.05) is 22.6 Å². The Balaban J connectivity index is 1.39. The van der Waals surface area contributed by atoms with E-state index in [1.807, 2.05) is 11.8 Å². The Morgan fingerprint density at radius 3 is 1.70 bits per heavy atom. The zero-order valence-electron chi connectivity index (χ0n) is 38.8. The number of aryl methyl sites for hydroxylation is 1. The molecule has 0 saturated heterocycles. The fraction of sp³-hybridized carbons (Fsp3) is 0.439. The summed E-state index contributed by atoms with van der Waals surface area (Å²) in [5, 5.41) is 9.99. The number of allylic oxidation sites excluding steroid dienone is 2. The minimum absolute atomic E-state index is 0.00774. The fourth-order valence-corrected chi connectivity index (χ4v) is 14.5. The highest BCUT2D eigenvalue weighted by molar-refractivity contribution is 7.99. The van der Waals surface area contributed by atoms with E-state index in [0.717, 1.165) is 31.6 Å². The van der Waals surface area contributed by atoms with Gasteiger partial charge in [0.05, 0.1) is 5.28 Å². The molecule has 0 fully saturated rings. The van der Waals surface area contributed by atoms with Gasteiger partial charge in [-0.15, -0.1) is 11.8 Å². The van der Waals surface area contributed by atoms with E-state index in [2.05, 4.69) is 204 Å². The summed E-state index contributed by atoms with van der Waals surface area (Å²) in [6.45, 7) is 29.8. The number of hydrogen-bond acceptors (Lipinski definition) is 2. The molecule has 0 amide bonds. The molecule has 1 nitrogen and oxygen atoms in total.